The molecule has 0 aliphatic rings. The lowest BCUT2D eigenvalue weighted by molar-refractivity contribution is 0.112. The number of hydrogen-bond donors (Lipinski definition) is 2. The van der Waals surface area contributed by atoms with Crippen molar-refractivity contribution in [1.29, 1.82) is 0 Å². The third-order valence-electron chi connectivity index (χ3n) is 2.22. The van der Waals surface area contributed by atoms with Crippen LogP contribution in [0.3, 0.4) is 0 Å². The Kier molecular flexibility index (Phi) is 2.55. The van der Waals surface area contributed by atoms with Gasteiger partial charge in [-0.2, -0.15) is 0 Å². The third-order valence-corrected chi connectivity index (χ3v) is 2.84. The van der Waals surface area contributed by atoms with Crippen LogP contribution in [-0.4, -0.2) is 19.7 Å². The van der Waals surface area contributed by atoms with Gasteiger partial charge in [0, 0.05) is 22.7 Å². The number of aldehydes is 1. The number of carbonyl (C=O) groups is 1. The quantitative estimate of drug-likeness (QED) is 0.604. The predicted molar refractivity (Wildman–Crippen MR) is 57.7 cm³/mol. The van der Waals surface area contributed by atoms with Crippen molar-refractivity contribution in [2.45, 2.75) is 5.75 Å². The van der Waals surface area contributed by atoms with E-state index in [0.717, 1.165) is 17.2 Å². The second-order valence-corrected chi connectivity index (χ2v) is 4.21. The Labute approximate surface area is 87.9 Å². The Bertz CT molecular complexity index is 575. The Morgan fingerprint density at radius 3 is 2.80 bits per heavy atom. The Morgan fingerprint density at radius 2 is 2.13 bits per heavy atom. The minimum absolute atomic E-state index is 0.00868. The number of nitrogens with one attached hydrogen (secondary N) is 1. The van der Waals surface area contributed by atoms with Crippen LogP contribution in [0.2, 0.25) is 0 Å². The molecule has 0 unspecified atom stereocenters. The zero-order valence-corrected chi connectivity index (χ0v) is 8.66. The van der Waals surface area contributed by atoms with Crippen molar-refractivity contribution in [3.05, 3.63) is 35.5 Å². The monoisotopic (exact) mass is 223 g/mol. The Hall–Kier alpha value is -1.62. The molecule has 0 aliphatic heterocycles. The summed E-state index contributed by atoms with van der Waals surface area (Å²) in [6, 6.07) is 5.23. The highest BCUT2D eigenvalue weighted by molar-refractivity contribution is 7.71. The van der Waals surface area contributed by atoms with Gasteiger partial charge in [0.15, 0.2) is 6.29 Å². The fraction of sp³-hybridized carbons (Fsp3) is 0.100. The minimum Gasteiger partial charge on any atom is -0.360 e. The van der Waals surface area contributed by atoms with Crippen molar-refractivity contribution in [2.75, 3.05) is 0 Å². The first-order valence-corrected chi connectivity index (χ1v) is 5.74. The summed E-state index contributed by atoms with van der Waals surface area (Å²) in [5, 5.41) is 0.763. The van der Waals surface area contributed by atoms with Gasteiger partial charge in [0.25, 0.3) is 0 Å². The molecule has 1 N–H and O–H groups in total. The normalized spacial score (nSPS) is 11.0. The number of H-pyrrole nitrogens is 1. The minimum atomic E-state index is -2.43. The summed E-state index contributed by atoms with van der Waals surface area (Å²) >= 11 is 0. The number of aromatic nitrogens is 1. The molecule has 0 aliphatic carbocycles. The molecule has 5 heteroatoms. The molecule has 1 aromatic carbocycles. The topological polar surface area (TPSA) is 67.0 Å². The SMILES string of the molecule is O=Cc1c[nH]c2ccc(C[SH](=O)=O)cc12. The Balaban J connectivity index is 2.57. The summed E-state index contributed by atoms with van der Waals surface area (Å²) in [5.41, 5.74) is 2.08. The predicted octanol–water partition coefficient (Wildman–Crippen LogP) is 1.09. The molecule has 0 atom stereocenters. The van der Waals surface area contributed by atoms with Crippen LogP contribution in [0.4, 0.5) is 0 Å². The molecule has 0 amide bonds. The largest absolute Gasteiger partial charge is 0.360 e. The first-order chi connectivity index (χ1) is 7.20. The third kappa shape index (κ3) is 1.92. The fourth-order valence-electron chi connectivity index (χ4n) is 1.53. The number of hydrogen-bond acceptors (Lipinski definition) is 3. The van der Waals surface area contributed by atoms with Gasteiger partial charge in [-0.25, -0.2) is 8.42 Å². The molecular formula is C10H9NO3S. The second kappa shape index (κ2) is 3.86. The van der Waals surface area contributed by atoms with Gasteiger partial charge in [0.2, 0.25) is 0 Å². The fourth-order valence-corrected chi connectivity index (χ4v) is 2.03. The van der Waals surface area contributed by atoms with Gasteiger partial charge >= 0.3 is 0 Å². The zero-order chi connectivity index (χ0) is 10.8. The van der Waals surface area contributed by atoms with E-state index in [2.05, 4.69) is 4.98 Å². The molecule has 0 radical (unpaired) electrons. The first kappa shape index (κ1) is 9.92. The molecule has 15 heavy (non-hydrogen) atoms. The molecule has 0 fully saturated rings. The maximum absolute atomic E-state index is 10.7. The lowest BCUT2D eigenvalue weighted by Crippen LogP contribution is -1.86. The van der Waals surface area contributed by atoms with E-state index in [1.54, 1.807) is 24.4 Å². The number of aromatic amines is 1. The maximum Gasteiger partial charge on any atom is 0.152 e. The number of benzene rings is 1. The van der Waals surface area contributed by atoms with Gasteiger partial charge in [-0.1, -0.05) is 6.07 Å². The summed E-state index contributed by atoms with van der Waals surface area (Å²) in [5.74, 6) is 0.00868. The van der Waals surface area contributed by atoms with E-state index in [1.165, 1.54) is 0 Å². The van der Waals surface area contributed by atoms with Crippen LogP contribution in [0.5, 0.6) is 0 Å². The molecule has 4 nitrogen and oxygen atoms in total. The van der Waals surface area contributed by atoms with Gasteiger partial charge < -0.3 is 4.98 Å². The molecule has 2 aromatic rings. The van der Waals surface area contributed by atoms with Crippen molar-refractivity contribution in [2.24, 2.45) is 0 Å². The van der Waals surface area contributed by atoms with Crippen molar-refractivity contribution in [1.82, 2.24) is 4.98 Å². The molecule has 1 aromatic heterocycles. The van der Waals surface area contributed by atoms with E-state index in [0.29, 0.717) is 11.1 Å². The standard InChI is InChI=1S/C10H9NO3S/c12-5-8-4-11-10-2-1-7(3-9(8)10)6-15(13)14/h1-5,11,15H,6H2. The summed E-state index contributed by atoms with van der Waals surface area (Å²) < 4.78 is 21.1. The van der Waals surface area contributed by atoms with Crippen molar-refractivity contribution >= 4 is 27.9 Å². The summed E-state index contributed by atoms with van der Waals surface area (Å²) in [6.45, 7) is 0. The number of fused-ring (bicyclic) bond motifs is 1. The van der Waals surface area contributed by atoms with Crippen LogP contribution < -0.4 is 0 Å². The van der Waals surface area contributed by atoms with Crippen LogP contribution >= 0.6 is 0 Å². The van der Waals surface area contributed by atoms with Crippen LogP contribution in [-0.2, 0) is 16.5 Å². The summed E-state index contributed by atoms with van der Waals surface area (Å²) in [6.07, 6.45) is 2.36. The molecule has 78 valence electrons. The number of thiol groups is 1. The van der Waals surface area contributed by atoms with Crippen LogP contribution in [0, 0.1) is 0 Å². The molecule has 0 saturated carbocycles. The highest BCUT2D eigenvalue weighted by Gasteiger charge is 2.03. The van der Waals surface area contributed by atoms with Gasteiger partial charge in [0.1, 0.15) is 10.7 Å². The van der Waals surface area contributed by atoms with Crippen LogP contribution in [0.25, 0.3) is 10.9 Å². The summed E-state index contributed by atoms with van der Waals surface area (Å²) in [7, 11) is -2.43. The van der Waals surface area contributed by atoms with Crippen molar-refractivity contribution in [3.63, 3.8) is 0 Å². The van der Waals surface area contributed by atoms with E-state index in [9.17, 15) is 13.2 Å². The van der Waals surface area contributed by atoms with Crippen molar-refractivity contribution in [3.8, 4) is 0 Å². The number of carbonyl (C=O) groups excluding carboxylic acids is 1. The molecule has 0 saturated heterocycles. The molecule has 1 heterocycles. The Morgan fingerprint density at radius 1 is 1.33 bits per heavy atom. The average Bonchev–Trinajstić information content (AvgIpc) is 2.59. The smallest absolute Gasteiger partial charge is 0.152 e. The first-order valence-electron chi connectivity index (χ1n) is 4.37. The molecular weight excluding hydrogens is 214 g/mol. The average molecular weight is 223 g/mol. The van der Waals surface area contributed by atoms with Gasteiger partial charge in [-0.05, 0) is 17.7 Å². The van der Waals surface area contributed by atoms with Crippen LogP contribution in [0.15, 0.2) is 24.4 Å². The van der Waals surface area contributed by atoms with Gasteiger partial charge in [0.05, 0.1) is 5.75 Å². The van der Waals surface area contributed by atoms with E-state index >= 15 is 0 Å². The number of rotatable bonds is 3. The van der Waals surface area contributed by atoms with E-state index in [4.69, 9.17) is 0 Å². The molecule has 0 spiro atoms. The lowest BCUT2D eigenvalue weighted by atomic mass is 10.1. The van der Waals surface area contributed by atoms with Gasteiger partial charge in [-0.15, -0.1) is 0 Å². The molecule has 0 bridgehead atoms. The second-order valence-electron chi connectivity index (χ2n) is 3.23. The maximum atomic E-state index is 10.7. The highest BCUT2D eigenvalue weighted by Crippen LogP contribution is 2.18. The van der Waals surface area contributed by atoms with Crippen LogP contribution in [0.1, 0.15) is 15.9 Å². The van der Waals surface area contributed by atoms with E-state index < -0.39 is 10.7 Å². The molecule has 2 rings (SSSR count). The zero-order valence-electron chi connectivity index (χ0n) is 7.77. The summed E-state index contributed by atoms with van der Waals surface area (Å²) in [4.78, 5) is 13.6. The van der Waals surface area contributed by atoms with Gasteiger partial charge in [-0.3, -0.25) is 4.79 Å². The van der Waals surface area contributed by atoms with Crippen molar-refractivity contribution < 1.29 is 13.2 Å². The lowest BCUT2D eigenvalue weighted by Gasteiger charge is -1.96. The van der Waals surface area contributed by atoms with E-state index in [1.807, 2.05) is 0 Å². The highest BCUT2D eigenvalue weighted by atomic mass is 32.2. The van der Waals surface area contributed by atoms with E-state index in [-0.39, 0.29) is 5.75 Å².